The summed E-state index contributed by atoms with van der Waals surface area (Å²) in [6.45, 7) is 4.13. The SMILES string of the molecule is COC(=O)c1c(OCc2c(F)ccc(OC)c2F)nsc1NC(=O)NCCCCN1CCOCC1. The van der Waals surface area contributed by atoms with E-state index >= 15 is 0 Å². The minimum absolute atomic E-state index is 0.0873. The first-order valence-electron chi connectivity index (χ1n) is 11.0. The van der Waals surface area contributed by atoms with Crippen LogP contribution in [0.15, 0.2) is 12.1 Å². The van der Waals surface area contributed by atoms with Gasteiger partial charge in [0, 0.05) is 19.6 Å². The summed E-state index contributed by atoms with van der Waals surface area (Å²) in [5, 5.41) is 5.37. The monoisotopic (exact) mass is 514 g/mol. The molecule has 1 aliphatic rings. The summed E-state index contributed by atoms with van der Waals surface area (Å²) in [5.74, 6) is -2.95. The molecule has 3 rings (SSSR count). The molecule has 2 aromatic rings. The molecule has 1 saturated heterocycles. The number of halogens is 2. The van der Waals surface area contributed by atoms with Gasteiger partial charge >= 0.3 is 12.0 Å². The Morgan fingerprint density at radius 1 is 1.20 bits per heavy atom. The highest BCUT2D eigenvalue weighted by atomic mass is 32.1. The largest absolute Gasteiger partial charge is 0.494 e. The highest BCUT2D eigenvalue weighted by Gasteiger charge is 2.26. The van der Waals surface area contributed by atoms with Crippen molar-refractivity contribution < 1.29 is 37.3 Å². The van der Waals surface area contributed by atoms with Gasteiger partial charge in [0.15, 0.2) is 17.1 Å². The average Bonchev–Trinajstić information content (AvgIpc) is 3.26. The maximum absolute atomic E-state index is 14.4. The lowest BCUT2D eigenvalue weighted by molar-refractivity contribution is 0.0372. The number of unbranched alkanes of at least 4 members (excludes halogenated alkanes) is 1. The van der Waals surface area contributed by atoms with Crippen LogP contribution < -0.4 is 20.1 Å². The van der Waals surface area contributed by atoms with Crippen molar-refractivity contribution in [1.82, 2.24) is 14.6 Å². The molecule has 1 aromatic heterocycles. The highest BCUT2D eigenvalue weighted by molar-refractivity contribution is 7.11. The number of ether oxygens (including phenoxy) is 4. The molecule has 1 fully saturated rings. The first kappa shape index (κ1) is 26.6. The molecule has 192 valence electrons. The van der Waals surface area contributed by atoms with Crippen LogP contribution in [0.1, 0.15) is 28.8 Å². The van der Waals surface area contributed by atoms with Crippen molar-refractivity contribution >= 4 is 28.5 Å². The van der Waals surface area contributed by atoms with Crippen LogP contribution in [0.3, 0.4) is 0 Å². The number of nitrogens with zero attached hydrogens (tertiary/aromatic N) is 2. The van der Waals surface area contributed by atoms with Crippen molar-refractivity contribution in [2.45, 2.75) is 19.4 Å². The molecule has 10 nitrogen and oxygen atoms in total. The van der Waals surface area contributed by atoms with Crippen LogP contribution >= 0.6 is 11.5 Å². The van der Waals surface area contributed by atoms with Gasteiger partial charge in [0.1, 0.15) is 17.4 Å². The Balaban J connectivity index is 1.56. The summed E-state index contributed by atoms with van der Waals surface area (Å²) in [6, 6.07) is 1.67. The van der Waals surface area contributed by atoms with Crippen LogP contribution in [0.4, 0.5) is 18.6 Å². The van der Waals surface area contributed by atoms with Crippen molar-refractivity contribution in [1.29, 1.82) is 0 Å². The summed E-state index contributed by atoms with van der Waals surface area (Å²) in [6.07, 6.45) is 1.70. The quantitative estimate of drug-likeness (QED) is 0.348. The number of rotatable bonds is 11. The molecule has 0 atom stereocenters. The number of carbonyl (C=O) groups is 2. The molecule has 13 heteroatoms. The zero-order chi connectivity index (χ0) is 25.2. The number of morpholine rings is 1. The second kappa shape index (κ2) is 13.2. The van der Waals surface area contributed by atoms with Gasteiger partial charge in [-0.2, -0.15) is 4.37 Å². The lowest BCUT2D eigenvalue weighted by Gasteiger charge is -2.26. The molecule has 1 aromatic carbocycles. The van der Waals surface area contributed by atoms with Gasteiger partial charge in [-0.3, -0.25) is 10.2 Å². The number of anilines is 1. The number of aromatic nitrogens is 1. The van der Waals surface area contributed by atoms with E-state index in [0.717, 1.165) is 76.5 Å². The average molecular weight is 515 g/mol. The Bertz CT molecular complexity index is 1020. The summed E-state index contributed by atoms with van der Waals surface area (Å²) in [7, 11) is 2.41. The number of nitrogens with one attached hydrogen (secondary N) is 2. The van der Waals surface area contributed by atoms with Crippen molar-refractivity contribution in [2.75, 3.05) is 58.9 Å². The van der Waals surface area contributed by atoms with E-state index in [1.165, 1.54) is 7.11 Å². The Morgan fingerprint density at radius 2 is 1.97 bits per heavy atom. The summed E-state index contributed by atoms with van der Waals surface area (Å²) in [4.78, 5) is 26.9. The van der Waals surface area contributed by atoms with Gasteiger partial charge in [-0.25, -0.2) is 18.4 Å². The van der Waals surface area contributed by atoms with Crippen LogP contribution in [0.2, 0.25) is 0 Å². The molecule has 2 N–H and O–H groups in total. The molecule has 0 unspecified atom stereocenters. The molecule has 1 aliphatic heterocycles. The third-order valence-electron chi connectivity index (χ3n) is 5.29. The van der Waals surface area contributed by atoms with Crippen molar-refractivity contribution in [3.63, 3.8) is 0 Å². The van der Waals surface area contributed by atoms with E-state index in [2.05, 4.69) is 19.9 Å². The van der Waals surface area contributed by atoms with Gasteiger partial charge in [0.2, 0.25) is 5.88 Å². The van der Waals surface area contributed by atoms with Crippen molar-refractivity contribution in [3.8, 4) is 11.6 Å². The number of hydrogen-bond acceptors (Lipinski definition) is 9. The molecule has 0 saturated carbocycles. The Hall–Kier alpha value is -3.03. The number of amides is 2. The Labute approximate surface area is 205 Å². The Morgan fingerprint density at radius 3 is 2.69 bits per heavy atom. The first-order valence-corrected chi connectivity index (χ1v) is 11.8. The standard InChI is InChI=1S/C22H28F2N4O6S/c1-31-16-6-5-15(23)14(18(16)24)13-34-19-17(21(29)32-2)20(35-27-19)26-22(30)25-7-3-4-8-28-9-11-33-12-10-28/h5-6H,3-4,7-13H2,1-2H3,(H2,25,26,30). The van der Waals surface area contributed by atoms with E-state index in [-0.39, 0.29) is 22.2 Å². The van der Waals surface area contributed by atoms with Crippen LogP contribution in [-0.2, 0) is 16.1 Å². The van der Waals surface area contributed by atoms with Gasteiger partial charge in [-0.05, 0) is 43.1 Å². The van der Waals surface area contributed by atoms with E-state index in [1.54, 1.807) is 0 Å². The summed E-state index contributed by atoms with van der Waals surface area (Å²) < 4.78 is 52.8. The number of benzene rings is 1. The molecule has 0 aliphatic carbocycles. The number of methoxy groups -OCH3 is 2. The van der Waals surface area contributed by atoms with Gasteiger partial charge in [-0.1, -0.05) is 0 Å². The van der Waals surface area contributed by atoms with E-state index in [4.69, 9.17) is 18.9 Å². The molecule has 2 heterocycles. The number of esters is 1. The minimum atomic E-state index is -0.923. The predicted octanol–water partition coefficient (Wildman–Crippen LogP) is 3.03. The molecular formula is C22H28F2N4O6S. The van der Waals surface area contributed by atoms with E-state index in [1.807, 2.05) is 0 Å². The van der Waals surface area contributed by atoms with Gasteiger partial charge in [-0.15, -0.1) is 0 Å². The molecular weight excluding hydrogens is 486 g/mol. The number of carbonyl (C=O) groups excluding carboxylic acids is 2. The van der Waals surface area contributed by atoms with Crippen molar-refractivity contribution in [3.05, 3.63) is 34.9 Å². The van der Waals surface area contributed by atoms with Gasteiger partial charge in [0.25, 0.3) is 0 Å². The molecule has 0 spiro atoms. The predicted molar refractivity (Wildman–Crippen MR) is 124 cm³/mol. The van der Waals surface area contributed by atoms with Crippen LogP contribution in [0.5, 0.6) is 11.6 Å². The fourth-order valence-electron chi connectivity index (χ4n) is 3.38. The lowest BCUT2D eigenvalue weighted by Crippen LogP contribution is -2.37. The molecule has 0 bridgehead atoms. The second-order valence-electron chi connectivity index (χ2n) is 7.56. The highest BCUT2D eigenvalue weighted by Crippen LogP contribution is 2.32. The van der Waals surface area contributed by atoms with E-state index in [9.17, 15) is 18.4 Å². The third-order valence-corrected chi connectivity index (χ3v) is 6.04. The first-order chi connectivity index (χ1) is 16.9. The smallest absolute Gasteiger partial charge is 0.346 e. The van der Waals surface area contributed by atoms with E-state index in [0.29, 0.717) is 6.54 Å². The third kappa shape index (κ3) is 7.23. The van der Waals surface area contributed by atoms with Gasteiger partial charge in [0.05, 0.1) is 33.0 Å². The summed E-state index contributed by atoms with van der Waals surface area (Å²) >= 11 is 0.783. The second-order valence-corrected chi connectivity index (χ2v) is 8.33. The zero-order valence-electron chi connectivity index (χ0n) is 19.5. The van der Waals surface area contributed by atoms with Crippen LogP contribution in [0, 0.1) is 11.6 Å². The normalized spacial score (nSPS) is 13.8. The summed E-state index contributed by atoms with van der Waals surface area (Å²) in [5.41, 5.74) is -0.541. The maximum Gasteiger partial charge on any atom is 0.346 e. The lowest BCUT2D eigenvalue weighted by atomic mass is 10.2. The number of urea groups is 1. The Kier molecular flexibility index (Phi) is 9.99. The molecule has 2 amide bonds. The fourth-order valence-corrected chi connectivity index (χ4v) is 4.10. The number of hydrogen-bond donors (Lipinski definition) is 2. The van der Waals surface area contributed by atoms with Crippen LogP contribution in [-0.4, -0.2) is 74.9 Å². The minimum Gasteiger partial charge on any atom is -0.494 e. The maximum atomic E-state index is 14.4. The fraction of sp³-hybridized carbons (Fsp3) is 0.500. The molecule has 35 heavy (non-hydrogen) atoms. The zero-order valence-corrected chi connectivity index (χ0v) is 20.3. The van der Waals surface area contributed by atoms with Gasteiger partial charge < -0.3 is 24.3 Å². The molecule has 0 radical (unpaired) electrons. The van der Waals surface area contributed by atoms with Crippen LogP contribution in [0.25, 0.3) is 0 Å². The topological polar surface area (TPSA) is 111 Å². The van der Waals surface area contributed by atoms with Crippen molar-refractivity contribution in [2.24, 2.45) is 0 Å². The van der Waals surface area contributed by atoms with E-state index < -0.39 is 35.8 Å².